The molecule has 0 fully saturated rings. The first kappa shape index (κ1) is 16.7. The zero-order chi connectivity index (χ0) is 16.7. The fourth-order valence-electron chi connectivity index (χ4n) is 2.21. The zero-order valence-electron chi connectivity index (χ0n) is 13.2. The SMILES string of the molecule is CCOC(=O)Cc1cc(-c2ccccn2)ccc1C(=O)OCC. The summed E-state index contributed by atoms with van der Waals surface area (Å²) in [4.78, 5) is 28.1. The van der Waals surface area contributed by atoms with Crippen LogP contribution in [0, 0.1) is 0 Å². The maximum Gasteiger partial charge on any atom is 0.338 e. The van der Waals surface area contributed by atoms with Crippen LogP contribution in [0.2, 0.25) is 0 Å². The highest BCUT2D eigenvalue weighted by atomic mass is 16.5. The molecule has 5 nitrogen and oxygen atoms in total. The number of ether oxygens (including phenoxy) is 2. The van der Waals surface area contributed by atoms with Crippen molar-refractivity contribution in [1.29, 1.82) is 0 Å². The molecule has 0 amide bonds. The third kappa shape index (κ3) is 4.39. The standard InChI is InChI=1S/C18H19NO4/c1-3-22-17(20)12-14-11-13(16-7-5-6-10-19-16)8-9-15(14)18(21)23-4-2/h5-11H,3-4,12H2,1-2H3. The van der Waals surface area contributed by atoms with E-state index in [1.165, 1.54) is 0 Å². The van der Waals surface area contributed by atoms with Gasteiger partial charge in [0.25, 0.3) is 0 Å². The van der Waals surface area contributed by atoms with E-state index in [9.17, 15) is 9.59 Å². The van der Waals surface area contributed by atoms with Crippen LogP contribution in [-0.4, -0.2) is 30.1 Å². The monoisotopic (exact) mass is 313 g/mol. The maximum atomic E-state index is 12.1. The summed E-state index contributed by atoms with van der Waals surface area (Å²) in [5.74, 6) is -0.824. The van der Waals surface area contributed by atoms with Crippen molar-refractivity contribution >= 4 is 11.9 Å². The Labute approximate surface area is 135 Å². The van der Waals surface area contributed by atoms with E-state index in [0.29, 0.717) is 17.7 Å². The molecule has 0 saturated heterocycles. The number of hydrogen-bond acceptors (Lipinski definition) is 5. The van der Waals surface area contributed by atoms with Gasteiger partial charge in [0.2, 0.25) is 0 Å². The summed E-state index contributed by atoms with van der Waals surface area (Å²) in [6.07, 6.45) is 1.71. The molecule has 1 heterocycles. The Bertz CT molecular complexity index is 683. The topological polar surface area (TPSA) is 65.5 Å². The summed E-state index contributed by atoms with van der Waals surface area (Å²) in [5.41, 5.74) is 2.55. The van der Waals surface area contributed by atoms with Gasteiger partial charge >= 0.3 is 11.9 Å². The Morgan fingerprint density at radius 2 is 1.83 bits per heavy atom. The lowest BCUT2D eigenvalue weighted by atomic mass is 9.99. The summed E-state index contributed by atoms with van der Waals surface area (Å²) in [7, 11) is 0. The minimum absolute atomic E-state index is 0.0165. The average Bonchev–Trinajstić information content (AvgIpc) is 2.56. The highest BCUT2D eigenvalue weighted by Crippen LogP contribution is 2.22. The second kappa shape index (κ2) is 8.08. The lowest BCUT2D eigenvalue weighted by molar-refractivity contribution is -0.142. The van der Waals surface area contributed by atoms with Crippen molar-refractivity contribution in [3.05, 3.63) is 53.7 Å². The van der Waals surface area contributed by atoms with Crippen molar-refractivity contribution in [3.63, 3.8) is 0 Å². The van der Waals surface area contributed by atoms with Gasteiger partial charge in [0.1, 0.15) is 0 Å². The molecule has 1 aromatic carbocycles. The van der Waals surface area contributed by atoms with E-state index in [2.05, 4.69) is 4.98 Å². The molecule has 0 aliphatic heterocycles. The number of hydrogen-bond donors (Lipinski definition) is 0. The number of nitrogens with zero attached hydrogens (tertiary/aromatic N) is 1. The van der Waals surface area contributed by atoms with Crippen LogP contribution in [-0.2, 0) is 20.7 Å². The molecule has 0 bridgehead atoms. The smallest absolute Gasteiger partial charge is 0.338 e. The van der Waals surface area contributed by atoms with Crippen molar-refractivity contribution in [2.24, 2.45) is 0 Å². The van der Waals surface area contributed by atoms with Gasteiger partial charge in [-0.25, -0.2) is 4.79 Å². The number of esters is 2. The van der Waals surface area contributed by atoms with Gasteiger partial charge in [-0.2, -0.15) is 0 Å². The summed E-state index contributed by atoms with van der Waals surface area (Å²) in [5, 5.41) is 0. The van der Waals surface area contributed by atoms with E-state index in [1.54, 1.807) is 38.2 Å². The lowest BCUT2D eigenvalue weighted by Crippen LogP contribution is -2.13. The van der Waals surface area contributed by atoms with E-state index in [-0.39, 0.29) is 19.0 Å². The summed E-state index contributed by atoms with van der Waals surface area (Å²) in [6.45, 7) is 4.06. The fourth-order valence-corrected chi connectivity index (χ4v) is 2.21. The van der Waals surface area contributed by atoms with Gasteiger partial charge in [-0.15, -0.1) is 0 Å². The van der Waals surface area contributed by atoms with E-state index in [1.807, 2.05) is 18.2 Å². The first-order valence-corrected chi connectivity index (χ1v) is 7.52. The average molecular weight is 313 g/mol. The molecule has 23 heavy (non-hydrogen) atoms. The first-order valence-electron chi connectivity index (χ1n) is 7.52. The van der Waals surface area contributed by atoms with Crippen LogP contribution in [0.15, 0.2) is 42.6 Å². The Balaban J connectivity index is 2.39. The number of carbonyl (C=O) groups excluding carboxylic acids is 2. The van der Waals surface area contributed by atoms with E-state index < -0.39 is 5.97 Å². The van der Waals surface area contributed by atoms with E-state index in [0.717, 1.165) is 11.3 Å². The fraction of sp³-hybridized carbons (Fsp3) is 0.278. The zero-order valence-corrected chi connectivity index (χ0v) is 13.2. The molecule has 0 spiro atoms. The van der Waals surface area contributed by atoms with Crippen molar-refractivity contribution in [2.45, 2.75) is 20.3 Å². The molecule has 120 valence electrons. The van der Waals surface area contributed by atoms with Gasteiger partial charge < -0.3 is 9.47 Å². The van der Waals surface area contributed by atoms with Crippen LogP contribution >= 0.6 is 0 Å². The normalized spacial score (nSPS) is 10.2. The second-order valence-electron chi connectivity index (χ2n) is 4.79. The van der Waals surface area contributed by atoms with Crippen molar-refractivity contribution in [2.75, 3.05) is 13.2 Å². The van der Waals surface area contributed by atoms with Crippen molar-refractivity contribution in [3.8, 4) is 11.3 Å². The van der Waals surface area contributed by atoms with Gasteiger partial charge in [-0.05, 0) is 43.7 Å². The van der Waals surface area contributed by atoms with Crippen LogP contribution in [0.25, 0.3) is 11.3 Å². The van der Waals surface area contributed by atoms with Crippen molar-refractivity contribution < 1.29 is 19.1 Å². The predicted octanol–water partition coefficient (Wildman–Crippen LogP) is 3.03. The van der Waals surface area contributed by atoms with Gasteiger partial charge in [0, 0.05) is 11.8 Å². The third-order valence-electron chi connectivity index (χ3n) is 3.20. The highest BCUT2D eigenvalue weighted by Gasteiger charge is 2.17. The Morgan fingerprint density at radius 3 is 2.48 bits per heavy atom. The van der Waals surface area contributed by atoms with E-state index in [4.69, 9.17) is 9.47 Å². The molecule has 5 heteroatoms. The molecule has 0 aliphatic carbocycles. The summed E-state index contributed by atoms with van der Waals surface area (Å²) in [6, 6.07) is 10.8. The number of pyridine rings is 1. The molecule has 2 rings (SSSR count). The molecule has 2 aromatic rings. The maximum absolute atomic E-state index is 12.1. The molecule has 0 radical (unpaired) electrons. The Kier molecular flexibility index (Phi) is 5.86. The van der Waals surface area contributed by atoms with Gasteiger partial charge in [-0.1, -0.05) is 12.1 Å². The van der Waals surface area contributed by atoms with Crippen LogP contribution in [0.5, 0.6) is 0 Å². The second-order valence-corrected chi connectivity index (χ2v) is 4.79. The van der Waals surface area contributed by atoms with Crippen molar-refractivity contribution in [1.82, 2.24) is 4.98 Å². The van der Waals surface area contributed by atoms with Gasteiger partial charge in [0.05, 0.1) is 30.9 Å². The Morgan fingerprint density at radius 1 is 1.04 bits per heavy atom. The molecule has 0 aliphatic rings. The van der Waals surface area contributed by atoms with Crippen LogP contribution in [0.1, 0.15) is 29.8 Å². The summed E-state index contributed by atoms with van der Waals surface area (Å²) < 4.78 is 10.0. The number of benzene rings is 1. The lowest BCUT2D eigenvalue weighted by Gasteiger charge is -2.11. The van der Waals surface area contributed by atoms with Crippen LogP contribution < -0.4 is 0 Å². The first-order chi connectivity index (χ1) is 11.2. The molecule has 0 atom stereocenters. The third-order valence-corrected chi connectivity index (χ3v) is 3.20. The van der Waals surface area contributed by atoms with E-state index >= 15 is 0 Å². The highest BCUT2D eigenvalue weighted by molar-refractivity contribution is 5.93. The predicted molar refractivity (Wildman–Crippen MR) is 86.0 cm³/mol. The molecule has 0 saturated carbocycles. The Hall–Kier alpha value is -2.69. The molecular formula is C18H19NO4. The molecular weight excluding hydrogens is 294 g/mol. The molecule has 0 unspecified atom stereocenters. The minimum Gasteiger partial charge on any atom is -0.466 e. The number of rotatable bonds is 6. The summed E-state index contributed by atoms with van der Waals surface area (Å²) >= 11 is 0. The minimum atomic E-state index is -0.445. The molecule has 0 N–H and O–H groups in total. The van der Waals surface area contributed by atoms with Gasteiger partial charge in [0.15, 0.2) is 0 Å². The van der Waals surface area contributed by atoms with Gasteiger partial charge in [-0.3, -0.25) is 9.78 Å². The number of aromatic nitrogens is 1. The van der Waals surface area contributed by atoms with Crippen LogP contribution in [0.4, 0.5) is 0 Å². The largest absolute Gasteiger partial charge is 0.466 e. The molecule has 1 aromatic heterocycles. The number of carbonyl (C=O) groups is 2. The quantitative estimate of drug-likeness (QED) is 0.767. The van der Waals surface area contributed by atoms with Crippen LogP contribution in [0.3, 0.4) is 0 Å².